The highest BCUT2D eigenvalue weighted by molar-refractivity contribution is 5.98. The lowest BCUT2D eigenvalue weighted by Crippen LogP contribution is -2.39. The van der Waals surface area contributed by atoms with Crippen LogP contribution in [-0.2, 0) is 9.47 Å². The SMILES string of the molecule is CCCCCC[C@@H]1[C@]2(C#N)C(N)=NC3(OCCO3)[C@]12C#N. The highest BCUT2D eigenvalue weighted by Crippen LogP contribution is 2.79. The Morgan fingerprint density at radius 3 is 2.52 bits per heavy atom. The molecule has 0 aromatic carbocycles. The molecule has 3 aliphatic rings. The van der Waals surface area contributed by atoms with Crippen LogP contribution in [0.4, 0.5) is 0 Å². The van der Waals surface area contributed by atoms with Crippen LogP contribution in [-0.4, -0.2) is 25.0 Å². The maximum atomic E-state index is 9.79. The minimum atomic E-state index is -1.35. The zero-order valence-electron chi connectivity index (χ0n) is 12.3. The number of unbranched alkanes of at least 4 members (excludes halogenated alkanes) is 3. The summed E-state index contributed by atoms with van der Waals surface area (Å²) in [7, 11) is 0. The van der Waals surface area contributed by atoms with E-state index in [2.05, 4.69) is 24.1 Å². The molecule has 1 spiro atoms. The molecule has 1 aliphatic carbocycles. The molecule has 112 valence electrons. The lowest BCUT2D eigenvalue weighted by molar-refractivity contribution is -0.186. The fourth-order valence-electron chi connectivity index (χ4n) is 4.10. The average molecular weight is 288 g/mol. The van der Waals surface area contributed by atoms with Gasteiger partial charge in [0.1, 0.15) is 11.3 Å². The molecule has 2 fully saturated rings. The molecule has 0 aromatic heterocycles. The topological polar surface area (TPSA) is 104 Å². The minimum absolute atomic E-state index is 0.146. The van der Waals surface area contributed by atoms with Gasteiger partial charge < -0.3 is 15.2 Å². The van der Waals surface area contributed by atoms with Crippen LogP contribution in [0.2, 0.25) is 0 Å². The van der Waals surface area contributed by atoms with Crippen LogP contribution in [0, 0.1) is 39.4 Å². The van der Waals surface area contributed by atoms with Crippen LogP contribution >= 0.6 is 0 Å². The average Bonchev–Trinajstić information content (AvgIpc) is 2.74. The van der Waals surface area contributed by atoms with Gasteiger partial charge in [0.25, 0.3) is 5.91 Å². The molecule has 1 saturated heterocycles. The number of rotatable bonds is 5. The van der Waals surface area contributed by atoms with Gasteiger partial charge in [-0.25, -0.2) is 4.99 Å². The molecule has 3 atom stereocenters. The molecular weight excluding hydrogens is 268 g/mol. The standard InChI is InChI=1S/C15H20N4O2/c1-2-3-4-5-6-11-13(9-16)12(18)19-15(14(11,13)10-17)20-7-8-21-15/h11H,2-8H2,1H3,(H2,18,19)/t11-,13-,14-/m1/s1. The molecule has 2 N–H and O–H groups in total. The van der Waals surface area contributed by atoms with Crippen molar-refractivity contribution >= 4 is 5.84 Å². The van der Waals surface area contributed by atoms with E-state index in [1.54, 1.807) is 0 Å². The van der Waals surface area contributed by atoms with Gasteiger partial charge in [0.2, 0.25) is 0 Å². The summed E-state index contributed by atoms with van der Waals surface area (Å²) in [5, 5.41) is 19.5. The predicted octanol–water partition coefficient (Wildman–Crippen LogP) is 1.68. The van der Waals surface area contributed by atoms with E-state index in [0.29, 0.717) is 13.2 Å². The molecule has 2 aliphatic heterocycles. The zero-order valence-corrected chi connectivity index (χ0v) is 12.3. The second kappa shape index (κ2) is 4.69. The number of nitriles is 2. The van der Waals surface area contributed by atoms with E-state index in [1.165, 1.54) is 0 Å². The lowest BCUT2D eigenvalue weighted by atomic mass is 9.94. The Morgan fingerprint density at radius 1 is 1.24 bits per heavy atom. The van der Waals surface area contributed by atoms with Crippen molar-refractivity contribution in [3.63, 3.8) is 0 Å². The number of fused-ring (bicyclic) bond motifs is 2. The Labute approximate surface area is 124 Å². The Kier molecular flexibility index (Phi) is 3.20. The lowest BCUT2D eigenvalue weighted by Gasteiger charge is -2.25. The second-order valence-corrected chi connectivity index (χ2v) is 6.02. The Bertz CT molecular complexity index is 555. The van der Waals surface area contributed by atoms with Crippen molar-refractivity contribution in [3.8, 4) is 12.1 Å². The fourth-order valence-corrected chi connectivity index (χ4v) is 4.10. The van der Waals surface area contributed by atoms with Gasteiger partial charge >= 0.3 is 0 Å². The van der Waals surface area contributed by atoms with Crippen LogP contribution in [0.15, 0.2) is 4.99 Å². The number of ether oxygens (including phenoxy) is 2. The monoisotopic (exact) mass is 288 g/mol. The van der Waals surface area contributed by atoms with Gasteiger partial charge in [0, 0.05) is 5.92 Å². The summed E-state index contributed by atoms with van der Waals surface area (Å²) < 4.78 is 11.3. The van der Waals surface area contributed by atoms with E-state index in [1.807, 2.05) is 0 Å². The number of nitrogens with two attached hydrogens (primary N) is 1. The maximum Gasteiger partial charge on any atom is 0.293 e. The molecule has 0 aromatic rings. The predicted molar refractivity (Wildman–Crippen MR) is 74.6 cm³/mol. The molecule has 0 bridgehead atoms. The molecule has 21 heavy (non-hydrogen) atoms. The highest BCUT2D eigenvalue weighted by atomic mass is 16.8. The third kappa shape index (κ3) is 1.44. The first-order valence-corrected chi connectivity index (χ1v) is 7.61. The van der Waals surface area contributed by atoms with Crippen LogP contribution in [0.1, 0.15) is 39.0 Å². The van der Waals surface area contributed by atoms with Crippen LogP contribution in [0.3, 0.4) is 0 Å². The zero-order chi connectivity index (χ0) is 15.1. The number of amidine groups is 1. The normalized spacial score (nSPS) is 38.6. The van der Waals surface area contributed by atoms with Crippen molar-refractivity contribution in [2.24, 2.45) is 27.5 Å². The Hall–Kier alpha value is -1.63. The van der Waals surface area contributed by atoms with Gasteiger partial charge in [-0.05, 0) is 6.42 Å². The van der Waals surface area contributed by atoms with Crippen LogP contribution < -0.4 is 5.73 Å². The smallest absolute Gasteiger partial charge is 0.293 e. The summed E-state index contributed by atoms with van der Waals surface area (Å²) in [6.07, 6.45) is 5.17. The van der Waals surface area contributed by atoms with Crippen molar-refractivity contribution in [1.82, 2.24) is 0 Å². The van der Waals surface area contributed by atoms with E-state index in [-0.39, 0.29) is 11.8 Å². The number of hydrogen-bond donors (Lipinski definition) is 1. The molecule has 0 amide bonds. The fraction of sp³-hybridized carbons (Fsp3) is 0.800. The molecule has 6 nitrogen and oxygen atoms in total. The summed E-state index contributed by atoms with van der Waals surface area (Å²) in [6, 6.07) is 4.55. The highest BCUT2D eigenvalue weighted by Gasteiger charge is 2.93. The summed E-state index contributed by atoms with van der Waals surface area (Å²) >= 11 is 0. The van der Waals surface area contributed by atoms with Crippen molar-refractivity contribution in [2.45, 2.75) is 44.9 Å². The Morgan fingerprint density at radius 2 is 1.95 bits per heavy atom. The minimum Gasteiger partial charge on any atom is -0.386 e. The van der Waals surface area contributed by atoms with Crippen molar-refractivity contribution < 1.29 is 9.47 Å². The van der Waals surface area contributed by atoms with E-state index in [9.17, 15) is 10.5 Å². The quantitative estimate of drug-likeness (QED) is 0.775. The van der Waals surface area contributed by atoms with E-state index >= 15 is 0 Å². The Balaban J connectivity index is 1.88. The van der Waals surface area contributed by atoms with E-state index in [4.69, 9.17) is 15.2 Å². The summed E-state index contributed by atoms with van der Waals surface area (Å²) in [4.78, 5) is 4.24. The van der Waals surface area contributed by atoms with Gasteiger partial charge in [-0.2, -0.15) is 10.5 Å². The third-order valence-electron chi connectivity index (χ3n) is 5.13. The summed E-state index contributed by atoms with van der Waals surface area (Å²) in [5.41, 5.74) is 3.92. The van der Waals surface area contributed by atoms with E-state index in [0.717, 1.165) is 32.1 Å². The van der Waals surface area contributed by atoms with E-state index < -0.39 is 16.7 Å². The molecule has 2 heterocycles. The van der Waals surface area contributed by atoms with Gasteiger partial charge in [-0.3, -0.25) is 0 Å². The molecule has 6 heteroatoms. The number of aliphatic imine (C=N–C) groups is 1. The van der Waals surface area contributed by atoms with Crippen LogP contribution in [0.5, 0.6) is 0 Å². The second-order valence-electron chi connectivity index (χ2n) is 6.02. The van der Waals surface area contributed by atoms with Crippen LogP contribution in [0.25, 0.3) is 0 Å². The molecule has 0 radical (unpaired) electrons. The number of hydrogen-bond acceptors (Lipinski definition) is 6. The molecular formula is C15H20N4O2. The largest absolute Gasteiger partial charge is 0.386 e. The maximum absolute atomic E-state index is 9.79. The van der Waals surface area contributed by atoms with Crippen molar-refractivity contribution in [3.05, 3.63) is 0 Å². The molecule has 3 rings (SSSR count). The first-order chi connectivity index (χ1) is 10.1. The van der Waals surface area contributed by atoms with Crippen molar-refractivity contribution in [1.29, 1.82) is 10.5 Å². The first-order valence-electron chi connectivity index (χ1n) is 7.61. The van der Waals surface area contributed by atoms with Gasteiger partial charge in [0.05, 0.1) is 25.4 Å². The molecule has 1 saturated carbocycles. The third-order valence-corrected chi connectivity index (χ3v) is 5.13. The van der Waals surface area contributed by atoms with Gasteiger partial charge in [-0.15, -0.1) is 0 Å². The summed E-state index contributed by atoms with van der Waals surface area (Å²) in [5.74, 6) is -1.29. The van der Waals surface area contributed by atoms with Crippen molar-refractivity contribution in [2.75, 3.05) is 13.2 Å². The first kappa shape index (κ1) is 14.3. The number of nitrogens with zero attached hydrogens (tertiary/aromatic N) is 3. The van der Waals surface area contributed by atoms with Gasteiger partial charge in [0.15, 0.2) is 5.41 Å². The van der Waals surface area contributed by atoms with Gasteiger partial charge in [-0.1, -0.05) is 32.6 Å². The summed E-state index contributed by atoms with van der Waals surface area (Å²) in [6.45, 7) is 2.91. The molecule has 0 unspecified atom stereocenters.